The second-order valence-electron chi connectivity index (χ2n) is 11.0. The molecular formula is C32H38Cl2N4O2. The fourth-order valence-corrected chi connectivity index (χ4v) is 6.32. The highest BCUT2D eigenvalue weighted by Crippen LogP contribution is 2.28. The van der Waals surface area contributed by atoms with E-state index in [1.807, 2.05) is 17.0 Å². The Bertz CT molecular complexity index is 1290. The van der Waals surface area contributed by atoms with Crippen LogP contribution >= 0.6 is 23.2 Å². The van der Waals surface area contributed by atoms with Gasteiger partial charge in [-0.2, -0.15) is 0 Å². The number of carbonyl (C=O) groups excluding carboxylic acids is 1. The van der Waals surface area contributed by atoms with Crippen LogP contribution in [0, 0.1) is 5.92 Å². The van der Waals surface area contributed by atoms with Crippen LogP contribution in [0.25, 0.3) is 11.1 Å². The number of piperidine rings is 1. The molecule has 2 saturated heterocycles. The minimum Gasteiger partial charge on any atom is -0.508 e. The summed E-state index contributed by atoms with van der Waals surface area (Å²) in [5, 5.41) is 11.2. The van der Waals surface area contributed by atoms with Crippen LogP contribution < -0.4 is 5.73 Å². The molecule has 6 nitrogen and oxygen atoms in total. The minimum absolute atomic E-state index is 0.0694. The maximum Gasteiger partial charge on any atom is 0.239 e. The molecule has 2 fully saturated rings. The molecule has 0 bridgehead atoms. The second-order valence-corrected chi connectivity index (χ2v) is 11.8. The molecule has 3 N–H and O–H groups in total. The van der Waals surface area contributed by atoms with Gasteiger partial charge in [0.1, 0.15) is 5.75 Å². The molecule has 8 heteroatoms. The number of amides is 1. The highest BCUT2D eigenvalue weighted by atomic mass is 35.5. The first-order valence-corrected chi connectivity index (χ1v) is 14.9. The number of likely N-dealkylation sites (tertiary alicyclic amines) is 1. The van der Waals surface area contributed by atoms with E-state index in [2.05, 4.69) is 46.2 Å². The molecule has 2 heterocycles. The number of nitrogens with zero attached hydrogens (tertiary/aromatic N) is 3. The number of phenols is 1. The lowest BCUT2D eigenvalue weighted by atomic mass is 9.88. The van der Waals surface area contributed by atoms with Gasteiger partial charge in [0.05, 0.1) is 6.04 Å². The van der Waals surface area contributed by atoms with E-state index in [4.69, 9.17) is 28.9 Å². The maximum atomic E-state index is 13.3. The number of aromatic hydroxyl groups is 1. The SMILES string of the molecule is N[C@@H](C(=O)N1CCN(Cc2cc(O)ccc2Cl)CC1)C1CCN(CCc2cc(Cl)ccc2-c2ccccc2)CC1. The normalized spacial score (nSPS) is 18.1. The number of benzene rings is 3. The largest absolute Gasteiger partial charge is 0.508 e. The number of nitrogens with two attached hydrogens (primary N) is 1. The lowest BCUT2D eigenvalue weighted by Gasteiger charge is -2.39. The van der Waals surface area contributed by atoms with E-state index in [-0.39, 0.29) is 17.6 Å². The summed E-state index contributed by atoms with van der Waals surface area (Å²) in [6.45, 7) is 6.35. The van der Waals surface area contributed by atoms with E-state index >= 15 is 0 Å². The Morgan fingerprint density at radius 1 is 0.875 bits per heavy atom. The predicted octanol–water partition coefficient (Wildman–Crippen LogP) is 5.29. The van der Waals surface area contributed by atoms with Crippen molar-refractivity contribution in [1.82, 2.24) is 14.7 Å². The Morgan fingerprint density at radius 2 is 1.60 bits per heavy atom. The molecule has 0 aromatic heterocycles. The van der Waals surface area contributed by atoms with Crippen molar-refractivity contribution in [2.24, 2.45) is 11.7 Å². The molecule has 2 aliphatic rings. The van der Waals surface area contributed by atoms with Gasteiger partial charge in [-0.25, -0.2) is 0 Å². The van der Waals surface area contributed by atoms with Gasteiger partial charge in [-0.1, -0.05) is 59.6 Å². The van der Waals surface area contributed by atoms with Gasteiger partial charge in [-0.15, -0.1) is 0 Å². The molecule has 0 unspecified atom stereocenters. The number of phenolic OH excluding ortho intramolecular Hbond substituents is 1. The molecule has 0 radical (unpaired) electrons. The van der Waals surface area contributed by atoms with Crippen molar-refractivity contribution in [3.05, 3.63) is 87.9 Å². The van der Waals surface area contributed by atoms with Gasteiger partial charge < -0.3 is 20.6 Å². The quantitative estimate of drug-likeness (QED) is 0.378. The summed E-state index contributed by atoms with van der Waals surface area (Å²) in [5.74, 6) is 0.491. The van der Waals surface area contributed by atoms with Crippen LogP contribution in [-0.2, 0) is 17.8 Å². The summed E-state index contributed by atoms with van der Waals surface area (Å²) in [6.07, 6.45) is 2.80. The molecule has 3 aromatic rings. The Kier molecular flexibility index (Phi) is 9.66. The molecule has 3 aromatic carbocycles. The van der Waals surface area contributed by atoms with E-state index < -0.39 is 6.04 Å². The van der Waals surface area contributed by atoms with Gasteiger partial charge in [0.25, 0.3) is 0 Å². The molecule has 1 amide bonds. The number of hydrogen-bond donors (Lipinski definition) is 2. The number of piperazine rings is 1. The standard InChI is InChI=1S/C32H38Cl2N4O2/c33-27-6-8-29(23-4-2-1-3-5-23)25(20-27)12-15-36-13-10-24(11-14-36)31(35)32(40)38-18-16-37(17-19-38)22-26-21-28(39)7-9-30(26)34/h1-9,20-21,24,31,39H,10-19,22,35H2/t31-/m1/s1. The first kappa shape index (κ1) is 28.9. The number of halogens is 2. The third-order valence-corrected chi connectivity index (χ3v) is 8.99. The summed E-state index contributed by atoms with van der Waals surface area (Å²) >= 11 is 12.6. The van der Waals surface area contributed by atoms with E-state index in [9.17, 15) is 9.90 Å². The van der Waals surface area contributed by atoms with E-state index in [0.717, 1.165) is 62.6 Å². The van der Waals surface area contributed by atoms with Crippen LogP contribution in [0.3, 0.4) is 0 Å². The topological polar surface area (TPSA) is 73.0 Å². The average molecular weight is 582 g/mol. The summed E-state index contributed by atoms with van der Waals surface area (Å²) in [7, 11) is 0. The van der Waals surface area contributed by atoms with Crippen molar-refractivity contribution in [3.8, 4) is 16.9 Å². The predicted molar refractivity (Wildman–Crippen MR) is 163 cm³/mol. The maximum absolute atomic E-state index is 13.3. The van der Waals surface area contributed by atoms with Gasteiger partial charge >= 0.3 is 0 Å². The molecule has 0 spiro atoms. The fraction of sp³-hybridized carbons (Fsp3) is 0.406. The number of rotatable bonds is 8. The molecule has 1 atom stereocenters. The fourth-order valence-electron chi connectivity index (χ4n) is 5.94. The van der Waals surface area contributed by atoms with Gasteiger partial charge in [0.15, 0.2) is 0 Å². The van der Waals surface area contributed by atoms with E-state index in [0.29, 0.717) is 24.7 Å². The van der Waals surface area contributed by atoms with Crippen molar-refractivity contribution in [2.75, 3.05) is 45.8 Å². The summed E-state index contributed by atoms with van der Waals surface area (Å²) in [4.78, 5) is 19.9. The third-order valence-electron chi connectivity index (χ3n) is 8.38. The van der Waals surface area contributed by atoms with E-state index in [1.54, 1.807) is 18.2 Å². The second kappa shape index (κ2) is 13.4. The molecule has 40 heavy (non-hydrogen) atoms. The summed E-state index contributed by atoms with van der Waals surface area (Å²) < 4.78 is 0. The summed E-state index contributed by atoms with van der Waals surface area (Å²) in [6, 6.07) is 21.2. The molecule has 0 saturated carbocycles. The van der Waals surface area contributed by atoms with Gasteiger partial charge in [0, 0.05) is 49.3 Å². The first-order chi connectivity index (χ1) is 19.4. The monoisotopic (exact) mass is 580 g/mol. The lowest BCUT2D eigenvalue weighted by molar-refractivity contribution is -0.136. The molecule has 2 aliphatic heterocycles. The third kappa shape index (κ3) is 7.17. The van der Waals surface area contributed by atoms with Crippen LogP contribution in [0.4, 0.5) is 0 Å². The minimum atomic E-state index is -0.452. The number of hydrogen-bond acceptors (Lipinski definition) is 5. The van der Waals surface area contributed by atoms with Crippen molar-refractivity contribution >= 4 is 29.1 Å². The average Bonchev–Trinajstić information content (AvgIpc) is 2.98. The van der Waals surface area contributed by atoms with Gasteiger partial charge in [-0.05, 0) is 90.9 Å². The van der Waals surface area contributed by atoms with Gasteiger partial charge in [-0.3, -0.25) is 9.69 Å². The van der Waals surface area contributed by atoms with Crippen LogP contribution in [0.2, 0.25) is 10.0 Å². The molecule has 5 rings (SSSR count). The van der Waals surface area contributed by atoms with Gasteiger partial charge in [0.2, 0.25) is 5.91 Å². The van der Waals surface area contributed by atoms with Crippen molar-refractivity contribution in [1.29, 1.82) is 0 Å². The van der Waals surface area contributed by atoms with Crippen LogP contribution in [0.5, 0.6) is 5.75 Å². The Morgan fingerprint density at radius 3 is 2.33 bits per heavy atom. The highest BCUT2D eigenvalue weighted by molar-refractivity contribution is 6.31. The Balaban J connectivity index is 1.08. The zero-order valence-corrected chi connectivity index (χ0v) is 24.3. The Hall–Kier alpha value is -2.61. The van der Waals surface area contributed by atoms with Crippen molar-refractivity contribution in [3.63, 3.8) is 0 Å². The van der Waals surface area contributed by atoms with Crippen molar-refractivity contribution in [2.45, 2.75) is 31.8 Å². The molecule has 0 aliphatic carbocycles. The van der Waals surface area contributed by atoms with Crippen LogP contribution in [0.15, 0.2) is 66.7 Å². The summed E-state index contributed by atoms with van der Waals surface area (Å²) in [5.41, 5.74) is 11.2. The van der Waals surface area contributed by atoms with Crippen LogP contribution in [-0.4, -0.2) is 77.6 Å². The first-order valence-electron chi connectivity index (χ1n) is 14.2. The smallest absolute Gasteiger partial charge is 0.239 e. The van der Waals surface area contributed by atoms with Crippen molar-refractivity contribution < 1.29 is 9.90 Å². The highest BCUT2D eigenvalue weighted by Gasteiger charge is 2.32. The zero-order valence-electron chi connectivity index (χ0n) is 22.8. The molecular weight excluding hydrogens is 543 g/mol. The van der Waals surface area contributed by atoms with Crippen LogP contribution in [0.1, 0.15) is 24.0 Å². The Labute approximate surface area is 247 Å². The zero-order chi connectivity index (χ0) is 28.1. The molecule has 212 valence electrons. The van der Waals surface area contributed by atoms with E-state index in [1.165, 1.54) is 16.7 Å². The lowest BCUT2D eigenvalue weighted by Crippen LogP contribution is -2.55. The number of carbonyl (C=O) groups is 1.